The zero-order valence-electron chi connectivity index (χ0n) is 4.84. The first-order valence-corrected chi connectivity index (χ1v) is 5.43. The van der Waals surface area contributed by atoms with Gasteiger partial charge in [-0.25, -0.2) is 0 Å². The summed E-state index contributed by atoms with van der Waals surface area (Å²) in [5.74, 6) is 0. The molecule has 0 saturated carbocycles. The van der Waals surface area contributed by atoms with Crippen LogP contribution in [0.5, 0.6) is 0 Å². The topological polar surface area (TPSA) is 104 Å². The van der Waals surface area contributed by atoms with Crippen molar-refractivity contribution in [3.8, 4) is 0 Å². The lowest BCUT2D eigenvalue weighted by Crippen LogP contribution is -2.08. The minimum atomic E-state index is -5.65. The summed E-state index contributed by atoms with van der Waals surface area (Å²) >= 11 is -3.58. The van der Waals surface area contributed by atoms with Gasteiger partial charge < -0.3 is 0 Å². The molecule has 0 bridgehead atoms. The predicted octanol–water partition coefficient (Wildman–Crippen LogP) is -0.973. The van der Waals surface area contributed by atoms with E-state index in [1.807, 2.05) is 0 Å². The molecule has 0 rings (SSSR count). The first-order chi connectivity index (χ1) is 5.10. The maximum Gasteiger partial charge on any atom is 0.452 e. The van der Waals surface area contributed by atoms with Gasteiger partial charge in [-0.3, -0.25) is 0 Å². The summed E-state index contributed by atoms with van der Waals surface area (Å²) in [6.07, 6.45) is 0. The van der Waals surface area contributed by atoms with Crippen LogP contribution in [0.25, 0.3) is 0 Å². The van der Waals surface area contributed by atoms with E-state index in [1.165, 1.54) is 0 Å². The molecule has 12 heavy (non-hydrogen) atoms. The average molecular weight is 246 g/mol. The molecule has 0 fully saturated rings. The van der Waals surface area contributed by atoms with Crippen molar-refractivity contribution in [2.45, 2.75) is 0 Å². The van der Waals surface area contributed by atoms with Gasteiger partial charge in [0.15, 0.2) is 0 Å². The van der Waals surface area contributed by atoms with Gasteiger partial charge >= 0.3 is 32.4 Å². The lowest BCUT2D eigenvalue weighted by molar-refractivity contribution is 0.400. The van der Waals surface area contributed by atoms with Crippen molar-refractivity contribution in [3.63, 3.8) is 0 Å². The molecule has 74 valence electrons. The second-order valence-electron chi connectivity index (χ2n) is 1.13. The summed E-state index contributed by atoms with van der Waals surface area (Å²) in [6, 6.07) is 0. The minimum absolute atomic E-state index is 2.75. The molecule has 0 spiro atoms. The standard InChI is InChI=1S/F2O7S3/c1-11(4,5)8-10(3)9-12(2,6)7. The van der Waals surface area contributed by atoms with Crippen LogP contribution in [0, 0.1) is 0 Å². The van der Waals surface area contributed by atoms with Crippen molar-refractivity contribution in [2.75, 3.05) is 0 Å². The zero-order valence-corrected chi connectivity index (χ0v) is 7.29. The zero-order chi connectivity index (χ0) is 9.99. The fourth-order valence-corrected chi connectivity index (χ4v) is 1.50. The lowest BCUT2D eigenvalue weighted by Gasteiger charge is -1.92. The van der Waals surface area contributed by atoms with Gasteiger partial charge in [0.25, 0.3) is 0 Å². The third-order valence-corrected chi connectivity index (χ3v) is 2.46. The van der Waals surface area contributed by atoms with Crippen LogP contribution in [0.2, 0.25) is 0 Å². The Balaban J connectivity index is 4.30. The number of hydrogen-bond acceptors (Lipinski definition) is 7. The Kier molecular flexibility index (Phi) is 3.64. The number of rotatable bonds is 4. The fourth-order valence-electron chi connectivity index (χ4n) is 0.144. The highest BCUT2D eigenvalue weighted by Gasteiger charge is 2.21. The van der Waals surface area contributed by atoms with Gasteiger partial charge in [-0.15, -0.1) is 7.26 Å². The second kappa shape index (κ2) is 3.69. The van der Waals surface area contributed by atoms with E-state index in [-0.39, 0.29) is 0 Å². The Hall–Kier alpha value is -0.170. The monoisotopic (exact) mass is 246 g/mol. The smallest absolute Gasteiger partial charge is 0.195 e. The molecule has 0 aliphatic heterocycles. The molecular formula is F2O7S3. The summed E-state index contributed by atoms with van der Waals surface area (Å²) < 4.78 is 75.9. The molecule has 0 aromatic carbocycles. The van der Waals surface area contributed by atoms with Crippen molar-refractivity contribution in [2.24, 2.45) is 0 Å². The SMILES string of the molecule is O=S(OS(=O)(=O)F)OS(=O)(=O)F. The van der Waals surface area contributed by atoms with E-state index < -0.39 is 32.4 Å². The van der Waals surface area contributed by atoms with Crippen LogP contribution >= 0.6 is 0 Å². The molecule has 0 N–H and O–H groups in total. The summed E-state index contributed by atoms with van der Waals surface area (Å²) in [4.78, 5) is 0. The van der Waals surface area contributed by atoms with Crippen molar-refractivity contribution >= 4 is 32.4 Å². The van der Waals surface area contributed by atoms with Gasteiger partial charge in [0, 0.05) is 0 Å². The van der Waals surface area contributed by atoms with Gasteiger partial charge in [-0.1, -0.05) is 7.77 Å². The summed E-state index contributed by atoms with van der Waals surface area (Å²) in [6.45, 7) is 0. The first kappa shape index (κ1) is 11.8. The molecule has 0 heterocycles. The maximum absolute atomic E-state index is 11.4. The molecule has 7 nitrogen and oxygen atoms in total. The van der Waals surface area contributed by atoms with E-state index in [0.29, 0.717) is 0 Å². The van der Waals surface area contributed by atoms with E-state index >= 15 is 0 Å². The minimum Gasteiger partial charge on any atom is -0.195 e. The Morgan fingerprint density at radius 3 is 1.33 bits per heavy atom. The van der Waals surface area contributed by atoms with E-state index in [4.69, 9.17) is 0 Å². The van der Waals surface area contributed by atoms with Crippen molar-refractivity contribution in [3.05, 3.63) is 0 Å². The molecule has 0 amide bonds. The highest BCUT2D eigenvalue weighted by atomic mass is 32.3. The van der Waals surface area contributed by atoms with Gasteiger partial charge in [-0.05, 0) is 0 Å². The predicted molar refractivity (Wildman–Crippen MR) is 30.4 cm³/mol. The van der Waals surface area contributed by atoms with Crippen LogP contribution in [0.15, 0.2) is 0 Å². The molecule has 12 heteroatoms. The van der Waals surface area contributed by atoms with E-state index in [2.05, 4.69) is 7.26 Å². The van der Waals surface area contributed by atoms with Crippen LogP contribution in [0.4, 0.5) is 7.77 Å². The van der Waals surface area contributed by atoms with Crippen molar-refractivity contribution in [1.82, 2.24) is 0 Å². The summed E-state index contributed by atoms with van der Waals surface area (Å²) in [5, 5.41) is 0. The quantitative estimate of drug-likeness (QED) is 0.587. The van der Waals surface area contributed by atoms with Crippen LogP contribution in [0.3, 0.4) is 0 Å². The lowest BCUT2D eigenvalue weighted by atomic mass is 15.8. The highest BCUT2D eigenvalue weighted by molar-refractivity contribution is 7.97. The molecule has 0 aliphatic rings. The summed E-state index contributed by atoms with van der Waals surface area (Å²) in [7, 11) is -11.3. The van der Waals surface area contributed by atoms with Crippen molar-refractivity contribution < 1.29 is 36.1 Å². The van der Waals surface area contributed by atoms with Crippen LogP contribution < -0.4 is 0 Å². The Morgan fingerprint density at radius 1 is 0.917 bits per heavy atom. The Morgan fingerprint density at radius 2 is 1.17 bits per heavy atom. The average Bonchev–Trinajstić information content (AvgIpc) is 1.49. The van der Waals surface area contributed by atoms with Crippen molar-refractivity contribution in [1.29, 1.82) is 0 Å². The number of halogens is 2. The fraction of sp³-hybridized carbons (Fsp3) is 0. The first-order valence-electron chi connectivity index (χ1n) is 1.81. The third kappa shape index (κ3) is 7.93. The molecule has 0 radical (unpaired) electrons. The molecular weight excluding hydrogens is 246 g/mol. The van der Waals surface area contributed by atoms with Gasteiger partial charge in [0.05, 0.1) is 0 Å². The van der Waals surface area contributed by atoms with Gasteiger partial charge in [0.2, 0.25) is 0 Å². The Labute approximate surface area is 69.0 Å². The third-order valence-electron chi connectivity index (χ3n) is 0.274. The normalized spacial score (nSPS) is 13.6. The maximum atomic E-state index is 11.4. The highest BCUT2D eigenvalue weighted by Crippen LogP contribution is 2.04. The Bertz CT molecular complexity index is 323. The molecule has 0 saturated heterocycles. The molecule has 0 aromatic rings. The molecule has 0 aromatic heterocycles. The van der Waals surface area contributed by atoms with Gasteiger partial charge in [0.1, 0.15) is 0 Å². The second-order valence-corrected chi connectivity index (χ2v) is 4.20. The van der Waals surface area contributed by atoms with Crippen LogP contribution in [-0.2, 0) is 39.6 Å². The number of hydrogen-bond donors (Lipinski definition) is 0. The summed E-state index contributed by atoms with van der Waals surface area (Å²) in [5.41, 5.74) is 0. The van der Waals surface area contributed by atoms with E-state index in [0.717, 1.165) is 0 Å². The largest absolute Gasteiger partial charge is 0.452 e. The van der Waals surface area contributed by atoms with E-state index in [1.54, 1.807) is 0 Å². The molecule has 0 atom stereocenters. The van der Waals surface area contributed by atoms with Crippen LogP contribution in [0.1, 0.15) is 0 Å². The van der Waals surface area contributed by atoms with Gasteiger partial charge in [-0.2, -0.15) is 21.0 Å². The molecule has 0 unspecified atom stereocenters. The molecule has 0 aliphatic carbocycles. The van der Waals surface area contributed by atoms with E-state index in [9.17, 15) is 28.8 Å². The van der Waals surface area contributed by atoms with Crippen LogP contribution in [-0.4, -0.2) is 21.0 Å².